The van der Waals surface area contributed by atoms with Crippen LogP contribution in [0.2, 0.25) is 5.02 Å². The summed E-state index contributed by atoms with van der Waals surface area (Å²) in [5.41, 5.74) is -0.742. The topological polar surface area (TPSA) is 106 Å². The van der Waals surface area contributed by atoms with Crippen LogP contribution in [0.1, 0.15) is 39.3 Å². The Bertz CT molecular complexity index is 1410. The Labute approximate surface area is 195 Å². The number of hydrogen-bond donors (Lipinski definition) is 2. The lowest BCUT2D eigenvalue weighted by molar-refractivity contribution is -0.142. The molecule has 4 rings (SSSR count). The molecule has 0 aliphatic carbocycles. The Morgan fingerprint density at radius 2 is 1.76 bits per heavy atom. The lowest BCUT2D eigenvalue weighted by Crippen LogP contribution is -2.18. The van der Waals surface area contributed by atoms with Gasteiger partial charge >= 0.3 is 6.18 Å². The van der Waals surface area contributed by atoms with Crippen LogP contribution >= 0.6 is 11.6 Å². The summed E-state index contributed by atoms with van der Waals surface area (Å²) in [6.45, 7) is 3.74. The molecule has 0 saturated carbocycles. The predicted molar refractivity (Wildman–Crippen MR) is 118 cm³/mol. The van der Waals surface area contributed by atoms with Gasteiger partial charge in [0.1, 0.15) is 16.4 Å². The number of rotatable bonds is 5. The van der Waals surface area contributed by atoms with Crippen LogP contribution in [0, 0.1) is 6.92 Å². The van der Waals surface area contributed by atoms with Crippen LogP contribution in [0.15, 0.2) is 42.6 Å². The maximum absolute atomic E-state index is 13.4. The van der Waals surface area contributed by atoms with Crippen LogP contribution < -0.4 is 10.6 Å². The van der Waals surface area contributed by atoms with E-state index in [-0.39, 0.29) is 22.1 Å². The molecule has 4 aromatic rings. The summed E-state index contributed by atoms with van der Waals surface area (Å²) in [5.74, 6) is -1.24. The smallest absolute Gasteiger partial charge is 0.321 e. The lowest BCUT2D eigenvalue weighted by Gasteiger charge is -2.09. The van der Waals surface area contributed by atoms with Gasteiger partial charge in [0, 0.05) is 29.8 Å². The Hall–Kier alpha value is -3.93. The number of nitrogens with one attached hydrogen (secondary N) is 2. The predicted octanol–water partition coefficient (Wildman–Crippen LogP) is 4.43. The first kappa shape index (κ1) is 23.2. The second-order valence-corrected chi connectivity index (χ2v) is 7.58. The van der Waals surface area contributed by atoms with Crippen LogP contribution in [0.5, 0.6) is 0 Å². The third-order valence-corrected chi connectivity index (χ3v) is 5.14. The molecule has 0 fully saturated rings. The molecule has 0 atom stereocenters. The van der Waals surface area contributed by atoms with Gasteiger partial charge in [-0.25, -0.2) is 9.50 Å². The highest BCUT2D eigenvalue weighted by Crippen LogP contribution is 2.32. The average molecular weight is 492 g/mol. The summed E-state index contributed by atoms with van der Waals surface area (Å²) in [6.07, 6.45) is -3.22. The minimum absolute atomic E-state index is 0.0708. The molecule has 2 amide bonds. The van der Waals surface area contributed by atoms with Crippen molar-refractivity contribution in [2.75, 3.05) is 10.6 Å². The zero-order chi connectivity index (χ0) is 24.6. The van der Waals surface area contributed by atoms with Gasteiger partial charge in [0.2, 0.25) is 0 Å². The first-order chi connectivity index (χ1) is 16.1. The van der Waals surface area contributed by atoms with E-state index < -0.39 is 29.4 Å². The van der Waals surface area contributed by atoms with Gasteiger partial charge in [-0.05, 0) is 44.2 Å². The van der Waals surface area contributed by atoms with E-state index in [1.165, 1.54) is 29.9 Å². The average Bonchev–Trinajstić information content (AvgIpc) is 3.38. The van der Waals surface area contributed by atoms with E-state index in [9.17, 15) is 22.8 Å². The van der Waals surface area contributed by atoms with Crippen LogP contribution in [0.25, 0.3) is 5.65 Å². The fourth-order valence-corrected chi connectivity index (χ4v) is 3.54. The largest absolute Gasteiger partial charge is 0.433 e. The maximum atomic E-state index is 13.4. The summed E-state index contributed by atoms with van der Waals surface area (Å²) in [4.78, 5) is 29.3. The fraction of sp³-hybridized carbons (Fsp3) is 0.190. The van der Waals surface area contributed by atoms with E-state index in [4.69, 9.17) is 11.6 Å². The van der Waals surface area contributed by atoms with Crippen molar-refractivity contribution in [3.63, 3.8) is 0 Å². The molecule has 34 heavy (non-hydrogen) atoms. The van der Waals surface area contributed by atoms with Crippen LogP contribution in [0.3, 0.4) is 0 Å². The van der Waals surface area contributed by atoms with Crippen molar-refractivity contribution in [2.24, 2.45) is 0 Å². The molecule has 0 unspecified atom stereocenters. The number of nitrogens with zero attached hydrogens (tertiary/aromatic N) is 5. The Morgan fingerprint density at radius 1 is 1.09 bits per heavy atom. The number of halogens is 4. The number of fused-ring (bicyclic) bond motifs is 1. The Kier molecular flexibility index (Phi) is 6.00. The van der Waals surface area contributed by atoms with Crippen LogP contribution in [-0.2, 0) is 12.7 Å². The number of carbonyl (C=O) groups is 2. The molecule has 1 aromatic carbocycles. The van der Waals surface area contributed by atoms with Gasteiger partial charge < -0.3 is 10.6 Å². The number of benzene rings is 1. The zero-order valence-electron chi connectivity index (χ0n) is 17.8. The summed E-state index contributed by atoms with van der Waals surface area (Å²) in [6, 6.07) is 8.60. The molecule has 176 valence electrons. The lowest BCUT2D eigenvalue weighted by atomic mass is 10.2. The highest BCUT2D eigenvalue weighted by Gasteiger charge is 2.36. The number of alkyl halides is 3. The minimum Gasteiger partial charge on any atom is -0.321 e. The van der Waals surface area contributed by atoms with E-state index in [1.54, 1.807) is 18.2 Å². The fourth-order valence-electron chi connectivity index (χ4n) is 3.30. The maximum Gasteiger partial charge on any atom is 0.433 e. The van der Waals surface area contributed by atoms with Crippen LogP contribution in [0.4, 0.5) is 24.5 Å². The summed E-state index contributed by atoms with van der Waals surface area (Å²) in [5, 5.41) is 12.7. The molecular formula is C21H17ClF3N7O2. The van der Waals surface area contributed by atoms with Gasteiger partial charge in [-0.2, -0.15) is 23.4 Å². The van der Waals surface area contributed by atoms with E-state index in [1.807, 2.05) is 6.92 Å². The standard InChI is InChI=1S/C21H17ClF3N7O2/c1-3-31-14(7-8-26-31)19(33)28-12-5-4-6-13(10-12)29-20(34)17-16(22)18-27-11(2)9-15(21(23,24)25)32(18)30-17/h4-10H,3H2,1-2H3,(H,28,33)(H,29,34). The van der Waals surface area contributed by atoms with Gasteiger partial charge in [-0.15, -0.1) is 0 Å². The molecule has 0 aliphatic rings. The van der Waals surface area contributed by atoms with Crippen molar-refractivity contribution in [1.82, 2.24) is 24.4 Å². The first-order valence-electron chi connectivity index (χ1n) is 9.96. The van der Waals surface area contributed by atoms with Crippen molar-refractivity contribution in [2.45, 2.75) is 26.6 Å². The van der Waals surface area contributed by atoms with Crippen molar-refractivity contribution in [3.8, 4) is 0 Å². The molecule has 9 nitrogen and oxygen atoms in total. The van der Waals surface area contributed by atoms with Crippen molar-refractivity contribution in [3.05, 3.63) is 70.4 Å². The molecule has 0 spiro atoms. The van der Waals surface area contributed by atoms with Gasteiger partial charge in [0.05, 0.1) is 0 Å². The molecule has 0 radical (unpaired) electrons. The third kappa shape index (κ3) is 4.44. The Morgan fingerprint density at radius 3 is 2.41 bits per heavy atom. The summed E-state index contributed by atoms with van der Waals surface area (Å²) in [7, 11) is 0. The monoisotopic (exact) mass is 491 g/mol. The second kappa shape index (κ2) is 8.78. The molecule has 13 heteroatoms. The molecule has 0 aliphatic heterocycles. The van der Waals surface area contributed by atoms with Crippen molar-refractivity contribution >= 4 is 40.4 Å². The number of carbonyl (C=O) groups excluding carboxylic acids is 2. The van der Waals surface area contributed by atoms with Crippen molar-refractivity contribution < 1.29 is 22.8 Å². The normalized spacial score (nSPS) is 11.6. The highest BCUT2D eigenvalue weighted by atomic mass is 35.5. The molecule has 3 aromatic heterocycles. The molecular weight excluding hydrogens is 475 g/mol. The number of aryl methyl sites for hydroxylation is 2. The highest BCUT2D eigenvalue weighted by molar-refractivity contribution is 6.37. The number of amides is 2. The molecule has 2 N–H and O–H groups in total. The molecule has 0 saturated heterocycles. The molecule has 0 bridgehead atoms. The van der Waals surface area contributed by atoms with Gasteiger partial charge in [-0.3, -0.25) is 14.3 Å². The van der Waals surface area contributed by atoms with E-state index in [2.05, 4.69) is 25.8 Å². The number of hydrogen-bond acceptors (Lipinski definition) is 5. The van der Waals surface area contributed by atoms with Gasteiger partial charge in [-0.1, -0.05) is 17.7 Å². The van der Waals surface area contributed by atoms with Gasteiger partial charge in [0.15, 0.2) is 11.3 Å². The van der Waals surface area contributed by atoms with E-state index >= 15 is 0 Å². The second-order valence-electron chi connectivity index (χ2n) is 7.20. The summed E-state index contributed by atoms with van der Waals surface area (Å²) < 4.78 is 42.3. The third-order valence-electron chi connectivity index (χ3n) is 4.79. The molecule has 3 heterocycles. The SMILES string of the molecule is CCn1nccc1C(=O)Nc1cccc(NC(=O)c2nn3c(C(F)(F)F)cc(C)nc3c2Cl)c1. The summed E-state index contributed by atoms with van der Waals surface area (Å²) >= 11 is 6.16. The van der Waals surface area contributed by atoms with Crippen molar-refractivity contribution in [1.29, 1.82) is 0 Å². The Balaban J connectivity index is 1.59. The van der Waals surface area contributed by atoms with Gasteiger partial charge in [0.25, 0.3) is 11.8 Å². The first-order valence-corrected chi connectivity index (χ1v) is 10.3. The number of anilines is 2. The van der Waals surface area contributed by atoms with E-state index in [0.717, 1.165) is 6.07 Å². The van der Waals surface area contributed by atoms with E-state index in [0.29, 0.717) is 22.4 Å². The quantitative estimate of drug-likeness (QED) is 0.429. The zero-order valence-corrected chi connectivity index (χ0v) is 18.6. The minimum atomic E-state index is -4.73. The van der Waals surface area contributed by atoms with Crippen LogP contribution in [-0.4, -0.2) is 36.2 Å². The number of aromatic nitrogens is 5.